The van der Waals surface area contributed by atoms with Gasteiger partial charge < -0.3 is 15.0 Å². The fourth-order valence-electron chi connectivity index (χ4n) is 3.96. The number of nitrogens with one attached hydrogen (secondary N) is 1. The van der Waals surface area contributed by atoms with E-state index in [9.17, 15) is 18.0 Å². The Kier molecular flexibility index (Phi) is 10.6. The molecule has 2 amide bonds. The Labute approximate surface area is 239 Å². The number of likely N-dealkylation sites (N-methyl/N-ethyl adjacent to an activating group) is 1. The monoisotopic (exact) mass is 591 g/mol. The number of anilines is 1. The van der Waals surface area contributed by atoms with Crippen LogP contribution in [0.4, 0.5) is 5.69 Å². The zero-order valence-corrected chi connectivity index (χ0v) is 24.3. The molecule has 0 heterocycles. The van der Waals surface area contributed by atoms with Gasteiger partial charge in [0.2, 0.25) is 21.8 Å². The highest BCUT2D eigenvalue weighted by atomic mass is 35.5. The van der Waals surface area contributed by atoms with Gasteiger partial charge in [-0.2, -0.15) is 0 Å². The maximum atomic E-state index is 13.7. The number of amides is 2. The van der Waals surface area contributed by atoms with Gasteiger partial charge in [-0.3, -0.25) is 13.9 Å². The molecule has 11 heteroatoms. The smallest absolute Gasteiger partial charge is 0.244 e. The lowest BCUT2D eigenvalue weighted by atomic mass is 10.1. The number of ether oxygens (including phenoxy) is 1. The molecule has 8 nitrogen and oxygen atoms in total. The molecule has 0 saturated carbocycles. The van der Waals surface area contributed by atoms with Crippen LogP contribution in [0.3, 0.4) is 0 Å². The molecule has 0 aliphatic heterocycles. The van der Waals surface area contributed by atoms with Crippen LogP contribution in [-0.2, 0) is 26.2 Å². The molecule has 0 bridgehead atoms. The highest BCUT2D eigenvalue weighted by Crippen LogP contribution is 2.27. The third-order valence-corrected chi connectivity index (χ3v) is 7.74. The Morgan fingerprint density at radius 3 is 2.13 bits per heavy atom. The van der Waals surface area contributed by atoms with Crippen molar-refractivity contribution in [2.45, 2.75) is 32.9 Å². The van der Waals surface area contributed by atoms with E-state index in [1.54, 1.807) is 68.4 Å². The van der Waals surface area contributed by atoms with Gasteiger partial charge in [0, 0.05) is 13.1 Å². The summed E-state index contributed by atoms with van der Waals surface area (Å²) in [5.41, 5.74) is 0.931. The number of carbonyl (C=O) groups excluding carboxylic acids is 2. The predicted octanol–water partition coefficient (Wildman–Crippen LogP) is 5.50. The number of rotatable bonds is 12. The summed E-state index contributed by atoms with van der Waals surface area (Å²) in [4.78, 5) is 27.9. The van der Waals surface area contributed by atoms with Crippen molar-refractivity contribution in [2.75, 3.05) is 23.7 Å². The zero-order valence-electron chi connectivity index (χ0n) is 21.9. The molecule has 3 rings (SSSR count). The Morgan fingerprint density at radius 2 is 1.56 bits per heavy atom. The molecule has 1 atom stereocenters. The molecule has 1 N–H and O–H groups in total. The standard InChI is InChI=1S/C28H31Cl2N3O5S/c1-4-26(28(35)31-5-2)32(18-20-11-16-24(29)25(30)17-20)27(34)19-33(39(3,36)37)21-12-14-23(15-13-21)38-22-9-7-6-8-10-22/h6-17,26H,4-5,18-19H2,1-3H3,(H,31,35)/t26-/m0/s1. The molecule has 3 aromatic carbocycles. The number of sulfonamides is 1. The average molecular weight is 593 g/mol. The van der Waals surface area contributed by atoms with Crippen molar-refractivity contribution in [1.82, 2.24) is 10.2 Å². The summed E-state index contributed by atoms with van der Waals surface area (Å²) in [5.74, 6) is 0.263. The molecule has 3 aromatic rings. The van der Waals surface area contributed by atoms with Gasteiger partial charge in [0.25, 0.3) is 0 Å². The van der Waals surface area contributed by atoms with E-state index < -0.39 is 28.5 Å². The Balaban J connectivity index is 1.90. The molecular weight excluding hydrogens is 561 g/mol. The fraction of sp³-hybridized carbons (Fsp3) is 0.286. The summed E-state index contributed by atoms with van der Waals surface area (Å²) < 4.78 is 32.4. The first-order valence-electron chi connectivity index (χ1n) is 12.3. The fourth-order valence-corrected chi connectivity index (χ4v) is 5.14. The van der Waals surface area contributed by atoms with E-state index in [1.807, 2.05) is 18.2 Å². The van der Waals surface area contributed by atoms with Gasteiger partial charge >= 0.3 is 0 Å². The minimum atomic E-state index is -3.86. The lowest BCUT2D eigenvalue weighted by molar-refractivity contribution is -0.140. The topological polar surface area (TPSA) is 96.0 Å². The Bertz CT molecular complexity index is 1390. The summed E-state index contributed by atoms with van der Waals surface area (Å²) in [6.07, 6.45) is 1.35. The SMILES string of the molecule is CCNC(=O)[C@H](CC)N(Cc1ccc(Cl)c(Cl)c1)C(=O)CN(c1ccc(Oc2ccccc2)cc1)S(C)(=O)=O. The number of nitrogens with zero attached hydrogens (tertiary/aromatic N) is 2. The number of benzene rings is 3. The molecule has 0 unspecified atom stereocenters. The van der Waals surface area contributed by atoms with Crippen molar-refractivity contribution in [3.05, 3.63) is 88.4 Å². The minimum Gasteiger partial charge on any atom is -0.457 e. The van der Waals surface area contributed by atoms with Gasteiger partial charge in [-0.05, 0) is 67.4 Å². The maximum absolute atomic E-state index is 13.7. The summed E-state index contributed by atoms with van der Waals surface area (Å²) in [5, 5.41) is 3.42. The first kappa shape index (κ1) is 30.3. The Hall–Kier alpha value is -3.27. The normalized spacial score (nSPS) is 11.9. The maximum Gasteiger partial charge on any atom is 0.244 e. The third-order valence-electron chi connectivity index (χ3n) is 5.86. The molecule has 0 radical (unpaired) electrons. The van der Waals surface area contributed by atoms with Crippen molar-refractivity contribution >= 4 is 50.7 Å². The minimum absolute atomic E-state index is 0.0345. The second kappa shape index (κ2) is 13.7. The van der Waals surface area contributed by atoms with Crippen LogP contribution >= 0.6 is 23.2 Å². The van der Waals surface area contributed by atoms with Gasteiger partial charge in [-0.25, -0.2) is 8.42 Å². The lowest BCUT2D eigenvalue weighted by Crippen LogP contribution is -2.52. The van der Waals surface area contributed by atoms with Crippen LogP contribution in [0.15, 0.2) is 72.8 Å². The molecule has 0 aliphatic rings. The van der Waals surface area contributed by atoms with Crippen LogP contribution in [0.25, 0.3) is 0 Å². The van der Waals surface area contributed by atoms with E-state index in [0.717, 1.165) is 10.6 Å². The lowest BCUT2D eigenvalue weighted by Gasteiger charge is -2.32. The molecule has 39 heavy (non-hydrogen) atoms. The summed E-state index contributed by atoms with van der Waals surface area (Å²) in [7, 11) is -3.86. The first-order valence-corrected chi connectivity index (χ1v) is 15.0. The quantitative estimate of drug-likeness (QED) is 0.300. The van der Waals surface area contributed by atoms with Crippen molar-refractivity contribution in [3.8, 4) is 11.5 Å². The van der Waals surface area contributed by atoms with E-state index in [-0.39, 0.29) is 18.1 Å². The number of halogens is 2. The first-order chi connectivity index (χ1) is 18.5. The van der Waals surface area contributed by atoms with Gasteiger partial charge in [0.05, 0.1) is 22.0 Å². The molecule has 208 valence electrons. The summed E-state index contributed by atoms with van der Waals surface area (Å²) in [6.45, 7) is 3.49. The summed E-state index contributed by atoms with van der Waals surface area (Å²) in [6, 6.07) is 19.7. The van der Waals surface area contributed by atoms with E-state index in [2.05, 4.69) is 5.32 Å². The van der Waals surface area contributed by atoms with E-state index in [4.69, 9.17) is 27.9 Å². The highest BCUT2D eigenvalue weighted by Gasteiger charge is 2.31. The third kappa shape index (κ3) is 8.36. The van der Waals surface area contributed by atoms with Crippen LogP contribution in [-0.4, -0.2) is 50.5 Å². The predicted molar refractivity (Wildman–Crippen MR) is 155 cm³/mol. The van der Waals surface area contributed by atoms with Crippen molar-refractivity contribution in [2.24, 2.45) is 0 Å². The van der Waals surface area contributed by atoms with Gasteiger partial charge in [-0.15, -0.1) is 0 Å². The Morgan fingerprint density at radius 1 is 0.923 bits per heavy atom. The van der Waals surface area contributed by atoms with Crippen LogP contribution in [0.1, 0.15) is 25.8 Å². The van der Waals surface area contributed by atoms with Crippen molar-refractivity contribution in [1.29, 1.82) is 0 Å². The molecule has 0 aliphatic carbocycles. The van der Waals surface area contributed by atoms with Crippen LogP contribution in [0.2, 0.25) is 10.0 Å². The number of para-hydroxylation sites is 1. The number of hydrogen-bond acceptors (Lipinski definition) is 5. The van der Waals surface area contributed by atoms with Crippen LogP contribution in [0, 0.1) is 0 Å². The second-order valence-corrected chi connectivity index (χ2v) is 11.5. The van der Waals surface area contributed by atoms with E-state index in [1.165, 1.54) is 4.90 Å². The van der Waals surface area contributed by atoms with E-state index >= 15 is 0 Å². The second-order valence-electron chi connectivity index (χ2n) is 8.77. The highest BCUT2D eigenvalue weighted by molar-refractivity contribution is 7.92. The molecule has 0 aromatic heterocycles. The number of carbonyl (C=O) groups is 2. The molecule has 0 spiro atoms. The number of hydrogen-bond donors (Lipinski definition) is 1. The average Bonchev–Trinajstić information content (AvgIpc) is 2.90. The van der Waals surface area contributed by atoms with Crippen molar-refractivity contribution in [3.63, 3.8) is 0 Å². The van der Waals surface area contributed by atoms with Gasteiger partial charge in [0.1, 0.15) is 24.1 Å². The molecular formula is C28H31Cl2N3O5S. The van der Waals surface area contributed by atoms with Gasteiger partial charge in [0.15, 0.2) is 0 Å². The van der Waals surface area contributed by atoms with E-state index in [0.29, 0.717) is 40.1 Å². The van der Waals surface area contributed by atoms with Crippen molar-refractivity contribution < 1.29 is 22.7 Å². The van der Waals surface area contributed by atoms with Crippen LogP contribution < -0.4 is 14.4 Å². The summed E-state index contributed by atoms with van der Waals surface area (Å²) >= 11 is 12.2. The zero-order chi connectivity index (χ0) is 28.6. The van der Waals surface area contributed by atoms with Crippen LogP contribution in [0.5, 0.6) is 11.5 Å². The van der Waals surface area contributed by atoms with Gasteiger partial charge in [-0.1, -0.05) is 54.4 Å². The largest absolute Gasteiger partial charge is 0.457 e. The molecule has 0 fully saturated rings. The molecule has 0 saturated heterocycles.